The van der Waals surface area contributed by atoms with E-state index in [1.807, 2.05) is 60.7 Å². The van der Waals surface area contributed by atoms with Crippen LogP contribution in [-0.4, -0.2) is 13.4 Å². The molecule has 0 unspecified atom stereocenters. The van der Waals surface area contributed by atoms with Crippen LogP contribution in [0, 0.1) is 0 Å². The number of fused-ring (bicyclic) bond motifs is 8. The van der Waals surface area contributed by atoms with Crippen LogP contribution in [0.4, 0.5) is 34.1 Å². The summed E-state index contributed by atoms with van der Waals surface area (Å²) >= 11 is 0. The number of benzene rings is 7. The van der Waals surface area contributed by atoms with E-state index in [2.05, 4.69) is 58.3 Å². The molecule has 0 fully saturated rings. The Labute approximate surface area is 296 Å². The van der Waals surface area contributed by atoms with Gasteiger partial charge in [-0.1, -0.05) is 36.4 Å². The predicted octanol–water partition coefficient (Wildman–Crippen LogP) is 6.92. The topological polar surface area (TPSA) is 61.9 Å². The quantitative estimate of drug-likeness (QED) is 0.162. The van der Waals surface area contributed by atoms with E-state index in [4.69, 9.17) is 28.4 Å². The SMILES string of the molecule is c1ccc2c(c1)Oc1ccc3c4c1N2c1cccc2c1B4c1c(c4c5c(c1O3)Oc1cccc3c1B5c1c(ccc5c1N3c1ccccc1O5)O4)O2. The standard InChI is InChI=1S/C42H18B2N2O6/c1-3-11-23-19(7-1)45-21-9-5-13-25-31(21)43-33-27(15-17-29(47-23)37(33)45)51-41-35(43)39(49-25)42-36-40(41)50-26-14-6-10-22-32(26)44(36)34-28(52-42)16-18-30-38(34)46(22)20-8-2-4-12-24(20)48-30/h1-18H. The predicted molar refractivity (Wildman–Crippen MR) is 198 cm³/mol. The summed E-state index contributed by atoms with van der Waals surface area (Å²) in [6.07, 6.45) is 0. The van der Waals surface area contributed by atoms with Crippen molar-refractivity contribution in [1.82, 2.24) is 0 Å². The first-order valence-corrected chi connectivity index (χ1v) is 17.5. The lowest BCUT2D eigenvalue weighted by Crippen LogP contribution is -2.65. The molecule has 7 aromatic carbocycles. The van der Waals surface area contributed by atoms with Gasteiger partial charge >= 0.3 is 0 Å². The van der Waals surface area contributed by atoms with Gasteiger partial charge in [-0.2, -0.15) is 0 Å². The van der Waals surface area contributed by atoms with E-state index in [9.17, 15) is 0 Å². The molecule has 8 nitrogen and oxygen atoms in total. The molecule has 10 heteroatoms. The summed E-state index contributed by atoms with van der Waals surface area (Å²) in [6, 6.07) is 37.0. The molecule has 0 amide bonds. The smallest absolute Gasteiger partial charge is 0.266 e. The molecule has 0 saturated carbocycles. The van der Waals surface area contributed by atoms with Crippen molar-refractivity contribution in [3.05, 3.63) is 109 Å². The van der Waals surface area contributed by atoms with Crippen molar-refractivity contribution in [3.63, 3.8) is 0 Å². The average Bonchev–Trinajstić information content (AvgIpc) is 3.19. The van der Waals surface area contributed by atoms with Gasteiger partial charge in [-0.05, 0) is 83.7 Å². The van der Waals surface area contributed by atoms with E-state index < -0.39 is 0 Å². The van der Waals surface area contributed by atoms with Crippen molar-refractivity contribution in [2.24, 2.45) is 0 Å². The first-order valence-electron chi connectivity index (χ1n) is 17.5. The van der Waals surface area contributed by atoms with Gasteiger partial charge in [0.2, 0.25) is 0 Å². The first-order chi connectivity index (χ1) is 25.8. The maximum atomic E-state index is 7.07. The molecule has 8 aliphatic heterocycles. The Bertz CT molecular complexity index is 2770. The Morgan fingerprint density at radius 1 is 0.288 bits per heavy atom. The Hall–Kier alpha value is -6.93. The molecule has 238 valence electrons. The fraction of sp³-hybridized carbons (Fsp3) is 0. The molecule has 0 aromatic heterocycles. The maximum Gasteiger partial charge on any atom is 0.266 e. The van der Waals surface area contributed by atoms with Gasteiger partial charge in [-0.3, -0.25) is 0 Å². The van der Waals surface area contributed by atoms with Crippen LogP contribution in [0.15, 0.2) is 109 Å². The van der Waals surface area contributed by atoms with E-state index in [0.717, 1.165) is 113 Å². The van der Waals surface area contributed by atoms with E-state index in [0.29, 0.717) is 23.0 Å². The minimum atomic E-state index is -0.202. The largest absolute Gasteiger partial charge is 0.454 e. The van der Waals surface area contributed by atoms with Crippen molar-refractivity contribution in [2.75, 3.05) is 9.80 Å². The van der Waals surface area contributed by atoms with Gasteiger partial charge in [-0.25, -0.2) is 0 Å². The van der Waals surface area contributed by atoms with Gasteiger partial charge in [0.15, 0.2) is 46.0 Å². The number of anilines is 6. The second-order valence-corrected chi connectivity index (χ2v) is 14.3. The summed E-state index contributed by atoms with van der Waals surface area (Å²) in [5.74, 6) is 8.96. The van der Waals surface area contributed by atoms with Crippen molar-refractivity contribution in [2.45, 2.75) is 0 Å². The van der Waals surface area contributed by atoms with E-state index >= 15 is 0 Å². The maximum absolute atomic E-state index is 7.07. The van der Waals surface area contributed by atoms with Crippen molar-refractivity contribution in [1.29, 1.82) is 0 Å². The van der Waals surface area contributed by atoms with Crippen molar-refractivity contribution in [3.8, 4) is 69.0 Å². The summed E-state index contributed by atoms with van der Waals surface area (Å²) in [7, 11) is 0. The third-order valence-electron chi connectivity index (χ3n) is 11.9. The fourth-order valence-corrected chi connectivity index (χ4v) is 10.1. The van der Waals surface area contributed by atoms with Crippen molar-refractivity contribution >= 4 is 80.3 Å². The highest BCUT2D eigenvalue weighted by atomic mass is 16.5. The van der Waals surface area contributed by atoms with Crippen LogP contribution in [0.2, 0.25) is 0 Å². The molecule has 7 aromatic rings. The zero-order valence-corrected chi connectivity index (χ0v) is 26.9. The Kier molecular flexibility index (Phi) is 3.86. The first kappa shape index (κ1) is 25.1. The van der Waals surface area contributed by atoms with Crippen molar-refractivity contribution < 1.29 is 28.4 Å². The van der Waals surface area contributed by atoms with Crippen LogP contribution in [0.1, 0.15) is 0 Å². The van der Waals surface area contributed by atoms with Crippen LogP contribution < -0.4 is 71.0 Å². The minimum absolute atomic E-state index is 0.202. The Morgan fingerprint density at radius 2 is 0.654 bits per heavy atom. The second-order valence-electron chi connectivity index (χ2n) is 14.3. The van der Waals surface area contributed by atoms with Gasteiger partial charge in [-0.15, -0.1) is 0 Å². The normalized spacial score (nSPS) is 15.7. The number of para-hydroxylation sites is 4. The van der Waals surface area contributed by atoms with E-state index in [1.165, 1.54) is 0 Å². The Morgan fingerprint density at radius 3 is 1.12 bits per heavy atom. The lowest BCUT2D eigenvalue weighted by Gasteiger charge is -2.48. The highest BCUT2D eigenvalue weighted by Crippen LogP contribution is 2.59. The summed E-state index contributed by atoms with van der Waals surface area (Å²) in [6.45, 7) is -0.404. The summed E-state index contributed by atoms with van der Waals surface area (Å²) < 4.78 is 41.4. The zero-order valence-electron chi connectivity index (χ0n) is 26.9. The monoisotopic (exact) mass is 668 g/mol. The number of hydrogen-bond acceptors (Lipinski definition) is 8. The van der Waals surface area contributed by atoms with Crippen LogP contribution in [0.25, 0.3) is 0 Å². The Balaban J connectivity index is 1.04. The summed E-state index contributed by atoms with van der Waals surface area (Å²) in [5.41, 5.74) is 12.1. The fourth-order valence-electron chi connectivity index (χ4n) is 10.1. The third-order valence-corrected chi connectivity index (χ3v) is 11.9. The van der Waals surface area contributed by atoms with Crippen LogP contribution >= 0.6 is 0 Å². The molecule has 15 rings (SSSR count). The van der Waals surface area contributed by atoms with E-state index in [1.54, 1.807) is 0 Å². The molecule has 0 spiro atoms. The molecule has 0 saturated heterocycles. The molecular weight excluding hydrogens is 650 g/mol. The molecule has 0 N–H and O–H groups in total. The highest BCUT2D eigenvalue weighted by Gasteiger charge is 2.57. The molecule has 0 atom stereocenters. The lowest BCUT2D eigenvalue weighted by molar-refractivity contribution is 0.395. The molecule has 8 heterocycles. The molecule has 0 aliphatic carbocycles. The summed E-state index contributed by atoms with van der Waals surface area (Å²) in [5, 5.41) is 0. The molecule has 0 bridgehead atoms. The minimum Gasteiger partial charge on any atom is -0.454 e. The number of nitrogens with zero attached hydrogens (tertiary/aromatic N) is 2. The van der Waals surface area contributed by atoms with Gasteiger partial charge in [0.1, 0.15) is 23.0 Å². The zero-order chi connectivity index (χ0) is 33.1. The number of rotatable bonds is 0. The third kappa shape index (κ3) is 2.54. The number of hydrogen-bond donors (Lipinski definition) is 0. The van der Waals surface area contributed by atoms with Gasteiger partial charge < -0.3 is 38.2 Å². The van der Waals surface area contributed by atoms with Gasteiger partial charge in [0, 0.05) is 33.2 Å². The molecule has 0 radical (unpaired) electrons. The van der Waals surface area contributed by atoms with Gasteiger partial charge in [0.05, 0.1) is 22.7 Å². The molecule has 8 aliphatic rings. The lowest BCUT2D eigenvalue weighted by atomic mass is 9.30. The highest BCUT2D eigenvalue weighted by molar-refractivity contribution is 7.03. The number of ether oxygens (including phenoxy) is 6. The second kappa shape index (κ2) is 8.00. The van der Waals surface area contributed by atoms with Crippen LogP contribution in [0.5, 0.6) is 69.0 Å². The molecular formula is C42H18B2N2O6. The summed E-state index contributed by atoms with van der Waals surface area (Å²) in [4.78, 5) is 4.59. The molecule has 52 heavy (non-hydrogen) atoms. The van der Waals surface area contributed by atoms with Crippen LogP contribution in [-0.2, 0) is 0 Å². The van der Waals surface area contributed by atoms with E-state index in [-0.39, 0.29) is 13.4 Å². The average molecular weight is 668 g/mol. The van der Waals surface area contributed by atoms with Crippen LogP contribution in [0.3, 0.4) is 0 Å². The van der Waals surface area contributed by atoms with Gasteiger partial charge in [0.25, 0.3) is 13.4 Å².